The number of halogens is 1. The van der Waals surface area contributed by atoms with Crippen molar-refractivity contribution in [2.75, 3.05) is 20.8 Å². The zero-order valence-electron chi connectivity index (χ0n) is 12.6. The van der Waals surface area contributed by atoms with E-state index in [2.05, 4.69) is 34.0 Å². The van der Waals surface area contributed by atoms with E-state index in [-0.39, 0.29) is 0 Å². The number of methoxy groups -OCH3 is 2. The van der Waals surface area contributed by atoms with Gasteiger partial charge in [-0.05, 0) is 53.1 Å². The standard InChI is InChI=1S/C15H24INO3/c1-5-15(18,6-2)10-17-9-11-7-12(16)14(20-4)13(8-11)19-3/h7-8,17-18H,5-6,9-10H2,1-4H3. The van der Waals surface area contributed by atoms with E-state index in [1.807, 2.05) is 19.9 Å². The molecule has 0 unspecified atom stereocenters. The highest BCUT2D eigenvalue weighted by atomic mass is 127. The molecular formula is C15H24INO3. The van der Waals surface area contributed by atoms with Crippen molar-refractivity contribution in [2.24, 2.45) is 0 Å². The highest BCUT2D eigenvalue weighted by Gasteiger charge is 2.21. The summed E-state index contributed by atoms with van der Waals surface area (Å²) in [4.78, 5) is 0. The van der Waals surface area contributed by atoms with E-state index in [9.17, 15) is 5.11 Å². The first-order valence-corrected chi connectivity index (χ1v) is 7.91. The normalized spacial score (nSPS) is 11.5. The van der Waals surface area contributed by atoms with Crippen LogP contribution in [0.3, 0.4) is 0 Å². The van der Waals surface area contributed by atoms with Gasteiger partial charge in [0, 0.05) is 13.1 Å². The highest BCUT2D eigenvalue weighted by Crippen LogP contribution is 2.33. The smallest absolute Gasteiger partial charge is 0.174 e. The van der Waals surface area contributed by atoms with E-state index in [0.29, 0.717) is 13.1 Å². The van der Waals surface area contributed by atoms with Crippen molar-refractivity contribution >= 4 is 22.6 Å². The first-order valence-electron chi connectivity index (χ1n) is 6.83. The lowest BCUT2D eigenvalue weighted by Gasteiger charge is -2.25. The van der Waals surface area contributed by atoms with Gasteiger partial charge in [-0.3, -0.25) is 0 Å². The Morgan fingerprint density at radius 3 is 2.35 bits per heavy atom. The Morgan fingerprint density at radius 2 is 1.85 bits per heavy atom. The molecule has 0 aromatic heterocycles. The average Bonchev–Trinajstić information content (AvgIpc) is 2.46. The number of nitrogens with one attached hydrogen (secondary N) is 1. The van der Waals surface area contributed by atoms with Crippen molar-refractivity contribution in [3.63, 3.8) is 0 Å². The van der Waals surface area contributed by atoms with Crippen LogP contribution in [0.2, 0.25) is 0 Å². The second-order valence-corrected chi connectivity index (χ2v) is 6.01. The molecule has 20 heavy (non-hydrogen) atoms. The fraction of sp³-hybridized carbons (Fsp3) is 0.600. The van der Waals surface area contributed by atoms with E-state index < -0.39 is 5.60 Å². The third-order valence-corrected chi connectivity index (χ3v) is 4.39. The van der Waals surface area contributed by atoms with Crippen molar-refractivity contribution in [3.8, 4) is 11.5 Å². The molecule has 5 heteroatoms. The van der Waals surface area contributed by atoms with E-state index in [4.69, 9.17) is 9.47 Å². The number of rotatable bonds is 8. The van der Waals surface area contributed by atoms with Crippen molar-refractivity contribution in [2.45, 2.75) is 38.8 Å². The van der Waals surface area contributed by atoms with Gasteiger partial charge in [0.15, 0.2) is 11.5 Å². The van der Waals surface area contributed by atoms with E-state index in [1.165, 1.54) is 0 Å². The third kappa shape index (κ3) is 4.49. The molecule has 0 saturated heterocycles. The molecule has 0 aliphatic carbocycles. The van der Waals surface area contributed by atoms with Gasteiger partial charge in [0.05, 0.1) is 23.4 Å². The molecular weight excluding hydrogens is 369 g/mol. The van der Waals surface area contributed by atoms with E-state index in [1.54, 1.807) is 14.2 Å². The zero-order valence-corrected chi connectivity index (χ0v) is 14.8. The molecule has 114 valence electrons. The van der Waals surface area contributed by atoms with Gasteiger partial charge in [-0.1, -0.05) is 13.8 Å². The topological polar surface area (TPSA) is 50.7 Å². The van der Waals surface area contributed by atoms with Crippen molar-refractivity contribution < 1.29 is 14.6 Å². The molecule has 0 spiro atoms. The molecule has 0 atom stereocenters. The Labute approximate surface area is 135 Å². The van der Waals surface area contributed by atoms with Crippen LogP contribution in [0, 0.1) is 3.57 Å². The Kier molecular flexibility index (Phi) is 7.05. The van der Waals surface area contributed by atoms with Gasteiger partial charge < -0.3 is 19.9 Å². The SMILES string of the molecule is CCC(O)(CC)CNCc1cc(I)c(OC)c(OC)c1. The van der Waals surface area contributed by atoms with Crippen molar-refractivity contribution in [1.82, 2.24) is 5.32 Å². The van der Waals surface area contributed by atoms with Gasteiger partial charge in [0.2, 0.25) is 0 Å². The van der Waals surface area contributed by atoms with Crippen LogP contribution >= 0.6 is 22.6 Å². The van der Waals surface area contributed by atoms with E-state index in [0.717, 1.165) is 33.5 Å². The molecule has 0 saturated carbocycles. The maximum Gasteiger partial charge on any atom is 0.174 e. The summed E-state index contributed by atoms with van der Waals surface area (Å²) in [5, 5.41) is 13.5. The molecule has 0 aliphatic rings. The Bertz CT molecular complexity index is 433. The molecule has 1 aromatic rings. The van der Waals surface area contributed by atoms with Gasteiger partial charge in [0.1, 0.15) is 0 Å². The zero-order chi connectivity index (χ0) is 15.2. The van der Waals surface area contributed by atoms with Crippen LogP contribution < -0.4 is 14.8 Å². The van der Waals surface area contributed by atoms with Crippen LogP contribution in [0.25, 0.3) is 0 Å². The van der Waals surface area contributed by atoms with Crippen LogP contribution in [0.15, 0.2) is 12.1 Å². The minimum Gasteiger partial charge on any atom is -0.493 e. The molecule has 0 radical (unpaired) electrons. The lowest BCUT2D eigenvalue weighted by Crippen LogP contribution is -2.39. The van der Waals surface area contributed by atoms with Crippen LogP contribution in [0.4, 0.5) is 0 Å². The van der Waals surface area contributed by atoms with Gasteiger partial charge in [-0.2, -0.15) is 0 Å². The summed E-state index contributed by atoms with van der Waals surface area (Å²) in [6, 6.07) is 4.02. The first-order chi connectivity index (χ1) is 9.49. The highest BCUT2D eigenvalue weighted by molar-refractivity contribution is 14.1. The van der Waals surface area contributed by atoms with Crippen LogP contribution in [0.5, 0.6) is 11.5 Å². The second kappa shape index (κ2) is 8.05. The largest absolute Gasteiger partial charge is 0.493 e. The minimum absolute atomic E-state index is 0.588. The molecule has 4 nitrogen and oxygen atoms in total. The molecule has 0 bridgehead atoms. The fourth-order valence-electron chi connectivity index (χ4n) is 2.01. The monoisotopic (exact) mass is 393 g/mol. The van der Waals surface area contributed by atoms with Crippen LogP contribution in [-0.4, -0.2) is 31.5 Å². The maximum absolute atomic E-state index is 10.2. The van der Waals surface area contributed by atoms with Crippen LogP contribution in [-0.2, 0) is 6.54 Å². The summed E-state index contributed by atoms with van der Waals surface area (Å²) in [7, 11) is 3.28. The molecule has 0 aliphatic heterocycles. The summed E-state index contributed by atoms with van der Waals surface area (Å²) in [6.07, 6.45) is 1.50. The molecule has 1 rings (SSSR count). The number of aliphatic hydroxyl groups is 1. The van der Waals surface area contributed by atoms with Gasteiger partial charge in [0.25, 0.3) is 0 Å². The Balaban J connectivity index is 2.72. The number of hydrogen-bond donors (Lipinski definition) is 2. The second-order valence-electron chi connectivity index (χ2n) is 4.85. The Hall–Kier alpha value is -0.530. The van der Waals surface area contributed by atoms with Crippen molar-refractivity contribution in [1.29, 1.82) is 0 Å². The lowest BCUT2D eigenvalue weighted by molar-refractivity contribution is 0.0323. The fourth-order valence-corrected chi connectivity index (χ4v) is 2.90. The maximum atomic E-state index is 10.2. The summed E-state index contributed by atoms with van der Waals surface area (Å²) < 4.78 is 11.7. The summed E-state index contributed by atoms with van der Waals surface area (Å²) >= 11 is 2.24. The third-order valence-electron chi connectivity index (χ3n) is 3.59. The van der Waals surface area contributed by atoms with E-state index >= 15 is 0 Å². The summed E-state index contributed by atoms with van der Waals surface area (Å²) in [5.41, 5.74) is 0.491. The quantitative estimate of drug-likeness (QED) is 0.667. The molecule has 0 heterocycles. The predicted molar refractivity (Wildman–Crippen MR) is 89.5 cm³/mol. The van der Waals surface area contributed by atoms with Crippen molar-refractivity contribution in [3.05, 3.63) is 21.3 Å². The molecule has 0 fully saturated rings. The van der Waals surface area contributed by atoms with Gasteiger partial charge in [-0.15, -0.1) is 0 Å². The predicted octanol–water partition coefficient (Wildman–Crippen LogP) is 2.95. The summed E-state index contributed by atoms with van der Waals surface area (Å²) in [5.74, 6) is 1.49. The number of benzene rings is 1. The number of ether oxygens (including phenoxy) is 2. The van der Waals surface area contributed by atoms with Gasteiger partial charge in [-0.25, -0.2) is 0 Å². The van der Waals surface area contributed by atoms with Gasteiger partial charge >= 0.3 is 0 Å². The minimum atomic E-state index is -0.621. The average molecular weight is 393 g/mol. The Morgan fingerprint density at radius 1 is 1.20 bits per heavy atom. The van der Waals surface area contributed by atoms with Crippen LogP contribution in [0.1, 0.15) is 32.3 Å². The molecule has 0 amide bonds. The number of hydrogen-bond acceptors (Lipinski definition) is 4. The summed E-state index contributed by atoms with van der Waals surface area (Å²) in [6.45, 7) is 5.29. The molecule has 1 aromatic carbocycles. The first kappa shape index (κ1) is 17.5. The lowest BCUT2D eigenvalue weighted by atomic mass is 9.97. The molecule has 2 N–H and O–H groups in total.